The molecule has 1 aromatic rings. The quantitative estimate of drug-likeness (QED) is 0.895. The summed E-state index contributed by atoms with van der Waals surface area (Å²) in [5, 5.41) is 6.68. The Hall–Kier alpha value is -1.55. The van der Waals surface area contributed by atoms with Crippen molar-refractivity contribution < 1.29 is 0 Å². The van der Waals surface area contributed by atoms with Gasteiger partial charge in [0.05, 0.1) is 6.54 Å². The molecular formula is C18H28N4. The molecule has 2 heterocycles. The minimum absolute atomic E-state index is 0.811. The topological polar surface area (TPSA) is 39.7 Å². The number of nitrogens with one attached hydrogen (secondary N) is 2. The number of piperidine rings is 1. The molecule has 2 N–H and O–H groups in total. The summed E-state index contributed by atoms with van der Waals surface area (Å²) in [6, 6.07) is 8.78. The highest BCUT2D eigenvalue weighted by Gasteiger charge is 2.22. The monoisotopic (exact) mass is 300 g/mol. The highest BCUT2D eigenvalue weighted by Crippen LogP contribution is 2.23. The van der Waals surface area contributed by atoms with E-state index in [0.29, 0.717) is 0 Å². The first-order chi connectivity index (χ1) is 10.7. The van der Waals surface area contributed by atoms with E-state index >= 15 is 0 Å². The summed E-state index contributed by atoms with van der Waals surface area (Å²) in [6.07, 6.45) is 1.37. The summed E-state index contributed by atoms with van der Waals surface area (Å²) in [6.45, 7) is 10.9. The Morgan fingerprint density at radius 1 is 1.18 bits per heavy atom. The van der Waals surface area contributed by atoms with Crippen LogP contribution in [0.1, 0.15) is 31.4 Å². The Bertz CT molecular complexity index is 516. The van der Waals surface area contributed by atoms with Gasteiger partial charge in [0, 0.05) is 32.7 Å². The lowest BCUT2D eigenvalue weighted by Gasteiger charge is -2.35. The van der Waals surface area contributed by atoms with Gasteiger partial charge in [0.15, 0.2) is 5.96 Å². The Kier molecular flexibility index (Phi) is 4.98. The molecule has 0 unspecified atom stereocenters. The molecule has 0 bridgehead atoms. The molecule has 0 spiro atoms. The average molecular weight is 300 g/mol. The number of guanidine groups is 1. The highest BCUT2D eigenvalue weighted by molar-refractivity contribution is 5.81. The lowest BCUT2D eigenvalue weighted by Crippen LogP contribution is -2.38. The van der Waals surface area contributed by atoms with Crippen LogP contribution in [0.15, 0.2) is 29.3 Å². The summed E-state index contributed by atoms with van der Waals surface area (Å²) in [4.78, 5) is 7.01. The second-order valence-electron chi connectivity index (χ2n) is 6.92. The zero-order valence-electron chi connectivity index (χ0n) is 13.8. The van der Waals surface area contributed by atoms with Gasteiger partial charge >= 0.3 is 0 Å². The number of aliphatic imine (C=N–C) groups is 1. The van der Waals surface area contributed by atoms with Crippen LogP contribution in [0.2, 0.25) is 0 Å². The largest absolute Gasteiger partial charge is 0.355 e. The van der Waals surface area contributed by atoms with Crippen LogP contribution in [0.25, 0.3) is 0 Å². The summed E-state index contributed by atoms with van der Waals surface area (Å²) in [5.41, 5.74) is 2.82. The molecule has 3 rings (SSSR count). The number of benzene rings is 1. The van der Waals surface area contributed by atoms with Crippen molar-refractivity contribution in [3.63, 3.8) is 0 Å². The number of likely N-dealkylation sites (tertiary alicyclic amines) is 1. The minimum Gasteiger partial charge on any atom is -0.355 e. The highest BCUT2D eigenvalue weighted by atomic mass is 15.2. The molecule has 4 nitrogen and oxygen atoms in total. The normalized spacial score (nSPS) is 25.6. The maximum absolute atomic E-state index is 4.40. The first kappa shape index (κ1) is 15.3. The molecule has 0 aliphatic carbocycles. The summed E-state index contributed by atoms with van der Waals surface area (Å²) < 4.78 is 0. The first-order valence-electron chi connectivity index (χ1n) is 8.52. The van der Waals surface area contributed by atoms with Crippen LogP contribution < -0.4 is 10.6 Å². The van der Waals surface area contributed by atoms with Crippen molar-refractivity contribution in [2.24, 2.45) is 16.8 Å². The zero-order chi connectivity index (χ0) is 15.4. The Morgan fingerprint density at radius 2 is 1.91 bits per heavy atom. The van der Waals surface area contributed by atoms with Crippen LogP contribution in [-0.2, 0) is 13.1 Å². The van der Waals surface area contributed by atoms with Gasteiger partial charge in [0.25, 0.3) is 0 Å². The third-order valence-corrected chi connectivity index (χ3v) is 4.58. The summed E-state index contributed by atoms with van der Waals surface area (Å²) >= 11 is 0. The van der Waals surface area contributed by atoms with E-state index in [9.17, 15) is 0 Å². The number of hydrogen-bond donors (Lipinski definition) is 2. The molecular weight excluding hydrogens is 272 g/mol. The van der Waals surface area contributed by atoms with Crippen LogP contribution in [0.4, 0.5) is 0 Å². The summed E-state index contributed by atoms with van der Waals surface area (Å²) in [7, 11) is 0. The Labute approximate surface area is 134 Å². The maximum atomic E-state index is 4.40. The predicted molar refractivity (Wildman–Crippen MR) is 91.8 cm³/mol. The molecule has 1 aromatic carbocycles. The number of rotatable bonds is 4. The van der Waals surface area contributed by atoms with Crippen molar-refractivity contribution in [3.8, 4) is 0 Å². The fraction of sp³-hybridized carbons (Fsp3) is 0.611. The number of hydrogen-bond acceptors (Lipinski definition) is 4. The van der Waals surface area contributed by atoms with Gasteiger partial charge in [-0.15, -0.1) is 0 Å². The van der Waals surface area contributed by atoms with E-state index in [-0.39, 0.29) is 0 Å². The smallest absolute Gasteiger partial charge is 0.191 e. The molecule has 4 heteroatoms. The Balaban J connectivity index is 1.62. The fourth-order valence-corrected chi connectivity index (χ4v) is 3.74. The molecule has 1 saturated heterocycles. The molecule has 2 aliphatic heterocycles. The van der Waals surface area contributed by atoms with Crippen LogP contribution in [0, 0.1) is 11.8 Å². The molecule has 0 aromatic heterocycles. The van der Waals surface area contributed by atoms with Gasteiger partial charge in [-0.25, -0.2) is 0 Å². The molecule has 0 radical (unpaired) electrons. The van der Waals surface area contributed by atoms with Gasteiger partial charge in [0.2, 0.25) is 0 Å². The van der Waals surface area contributed by atoms with Crippen molar-refractivity contribution in [1.82, 2.24) is 15.5 Å². The van der Waals surface area contributed by atoms with Gasteiger partial charge in [-0.05, 0) is 29.4 Å². The van der Waals surface area contributed by atoms with Gasteiger partial charge < -0.3 is 10.6 Å². The Morgan fingerprint density at radius 3 is 2.59 bits per heavy atom. The van der Waals surface area contributed by atoms with Gasteiger partial charge in [-0.2, -0.15) is 0 Å². The lowest BCUT2D eigenvalue weighted by atomic mass is 9.91. The van der Waals surface area contributed by atoms with E-state index in [4.69, 9.17) is 0 Å². The first-order valence-corrected chi connectivity index (χ1v) is 8.52. The van der Waals surface area contributed by atoms with E-state index in [1.54, 1.807) is 0 Å². The van der Waals surface area contributed by atoms with Crippen molar-refractivity contribution >= 4 is 5.96 Å². The molecule has 2 aliphatic rings. The second kappa shape index (κ2) is 7.14. The molecule has 22 heavy (non-hydrogen) atoms. The second-order valence-corrected chi connectivity index (χ2v) is 6.92. The van der Waals surface area contributed by atoms with Gasteiger partial charge in [0.1, 0.15) is 0 Å². The molecule has 120 valence electrons. The van der Waals surface area contributed by atoms with Crippen LogP contribution in [0.5, 0.6) is 0 Å². The minimum atomic E-state index is 0.811. The van der Waals surface area contributed by atoms with Gasteiger partial charge in [-0.1, -0.05) is 38.1 Å². The van der Waals surface area contributed by atoms with Crippen molar-refractivity contribution in [3.05, 3.63) is 35.4 Å². The van der Waals surface area contributed by atoms with Crippen molar-refractivity contribution in [2.75, 3.05) is 26.2 Å². The SMILES string of the molecule is C[C@@H]1C[C@H](C)CN(Cc2ccccc2CNC2=NCCN2)C1. The molecule has 1 fully saturated rings. The van der Waals surface area contributed by atoms with Crippen molar-refractivity contribution in [2.45, 2.75) is 33.4 Å². The fourth-order valence-electron chi connectivity index (χ4n) is 3.74. The zero-order valence-corrected chi connectivity index (χ0v) is 13.8. The van der Waals surface area contributed by atoms with Gasteiger partial charge in [-0.3, -0.25) is 9.89 Å². The molecule has 0 saturated carbocycles. The molecule has 2 atom stereocenters. The van der Waals surface area contributed by atoms with Crippen LogP contribution in [-0.4, -0.2) is 37.0 Å². The molecule has 0 amide bonds. The third kappa shape index (κ3) is 4.01. The van der Waals surface area contributed by atoms with E-state index in [1.807, 2.05) is 0 Å². The van der Waals surface area contributed by atoms with E-state index in [0.717, 1.165) is 44.0 Å². The van der Waals surface area contributed by atoms with E-state index in [1.165, 1.54) is 30.6 Å². The van der Waals surface area contributed by atoms with Crippen LogP contribution >= 0.6 is 0 Å². The van der Waals surface area contributed by atoms with Crippen LogP contribution in [0.3, 0.4) is 0 Å². The number of nitrogens with zero attached hydrogens (tertiary/aromatic N) is 2. The summed E-state index contributed by atoms with van der Waals surface area (Å²) in [5.74, 6) is 2.56. The average Bonchev–Trinajstić information content (AvgIpc) is 2.98. The van der Waals surface area contributed by atoms with E-state index in [2.05, 4.69) is 58.6 Å². The third-order valence-electron chi connectivity index (χ3n) is 4.58. The standard InChI is InChI=1S/C18H28N4/c1-14-9-15(2)12-22(11-14)13-17-6-4-3-5-16(17)10-21-18-19-7-8-20-18/h3-6,14-15H,7-13H2,1-2H3,(H2,19,20,21)/t14-,15+. The maximum Gasteiger partial charge on any atom is 0.191 e. The van der Waals surface area contributed by atoms with Crippen molar-refractivity contribution in [1.29, 1.82) is 0 Å². The predicted octanol–water partition coefficient (Wildman–Crippen LogP) is 2.21. The lowest BCUT2D eigenvalue weighted by molar-refractivity contribution is 0.134. The van der Waals surface area contributed by atoms with E-state index < -0.39 is 0 Å².